The first-order valence-electron chi connectivity index (χ1n) is 5.44. The highest BCUT2D eigenvalue weighted by Gasteiger charge is 2.17. The molecule has 0 aliphatic carbocycles. The summed E-state index contributed by atoms with van der Waals surface area (Å²) in [5, 5.41) is 0.756. The number of nitrogens with one attached hydrogen (secondary N) is 1. The Kier molecular flexibility index (Phi) is 5.78. The molecule has 102 valence electrons. The van der Waals surface area contributed by atoms with E-state index in [1.807, 2.05) is 13.2 Å². The normalized spacial score (nSPS) is 13.5. The fourth-order valence-corrected chi connectivity index (χ4v) is 3.13. The number of hydrogen-bond donors (Lipinski definition) is 2. The van der Waals surface area contributed by atoms with Crippen LogP contribution in [0.1, 0.15) is 13.3 Å². The van der Waals surface area contributed by atoms with Crippen LogP contribution in [0.15, 0.2) is 23.1 Å². The summed E-state index contributed by atoms with van der Waals surface area (Å²) in [5.74, 6) is 0. The number of nitrogens with two attached hydrogens (primary N) is 1. The van der Waals surface area contributed by atoms with E-state index in [9.17, 15) is 8.42 Å². The lowest BCUT2D eigenvalue weighted by Gasteiger charge is -2.11. The highest BCUT2D eigenvalue weighted by molar-refractivity contribution is 7.99. The number of sulfonamides is 1. The molecule has 0 radical (unpaired) electrons. The Morgan fingerprint density at radius 1 is 1.50 bits per heavy atom. The molecule has 0 aliphatic rings. The summed E-state index contributed by atoms with van der Waals surface area (Å²) in [7, 11) is -3.59. The maximum absolute atomic E-state index is 12.0. The maximum Gasteiger partial charge on any atom is 0.242 e. The summed E-state index contributed by atoms with van der Waals surface area (Å²) < 4.78 is 26.6. The zero-order valence-electron chi connectivity index (χ0n) is 10.3. The van der Waals surface area contributed by atoms with Crippen molar-refractivity contribution in [1.29, 1.82) is 0 Å². The average molecular weight is 309 g/mol. The Hall–Kier alpha value is -0.430. The van der Waals surface area contributed by atoms with Crippen LogP contribution >= 0.6 is 23.4 Å². The molecule has 7 heteroatoms. The van der Waals surface area contributed by atoms with Crippen molar-refractivity contribution in [3.05, 3.63) is 23.2 Å². The van der Waals surface area contributed by atoms with Gasteiger partial charge >= 0.3 is 0 Å². The third-order valence-corrected chi connectivity index (χ3v) is 5.30. The zero-order valence-corrected chi connectivity index (χ0v) is 12.7. The van der Waals surface area contributed by atoms with Crippen molar-refractivity contribution in [3.63, 3.8) is 0 Å². The fraction of sp³-hybridized carbons (Fsp3) is 0.455. The van der Waals surface area contributed by atoms with Crippen molar-refractivity contribution in [2.75, 3.05) is 18.5 Å². The Morgan fingerprint density at radius 3 is 2.78 bits per heavy atom. The first-order valence-corrected chi connectivity index (χ1v) is 8.59. The van der Waals surface area contributed by atoms with E-state index in [1.165, 1.54) is 12.1 Å². The second-order valence-electron chi connectivity index (χ2n) is 3.91. The molecule has 18 heavy (non-hydrogen) atoms. The van der Waals surface area contributed by atoms with Gasteiger partial charge < -0.3 is 5.73 Å². The predicted octanol–water partition coefficient (Wildman–Crippen LogP) is 2.34. The molecular weight excluding hydrogens is 292 g/mol. The number of hydrogen-bond acceptors (Lipinski definition) is 4. The van der Waals surface area contributed by atoms with Gasteiger partial charge in [-0.1, -0.05) is 18.5 Å². The minimum atomic E-state index is -3.59. The molecule has 1 atom stereocenters. The molecule has 4 nitrogen and oxygen atoms in total. The monoisotopic (exact) mass is 308 g/mol. The Bertz CT molecular complexity index is 506. The first-order chi connectivity index (χ1) is 8.36. The predicted molar refractivity (Wildman–Crippen MR) is 78.6 cm³/mol. The Balaban J connectivity index is 2.77. The Labute approximate surface area is 117 Å². The van der Waals surface area contributed by atoms with Gasteiger partial charge in [0, 0.05) is 16.8 Å². The molecule has 0 bridgehead atoms. The molecule has 0 aromatic heterocycles. The lowest BCUT2D eigenvalue weighted by Crippen LogP contribution is -2.27. The molecule has 3 N–H and O–H groups in total. The van der Waals surface area contributed by atoms with E-state index in [4.69, 9.17) is 17.3 Å². The second kappa shape index (κ2) is 6.65. The van der Waals surface area contributed by atoms with Crippen molar-refractivity contribution < 1.29 is 8.42 Å². The van der Waals surface area contributed by atoms with E-state index >= 15 is 0 Å². The van der Waals surface area contributed by atoms with Crippen LogP contribution in [0.25, 0.3) is 0 Å². The van der Waals surface area contributed by atoms with E-state index < -0.39 is 10.0 Å². The standard InChI is InChI=1S/C11H17ClN2O2S2/c1-8(17-2)5-6-14-18(15,16)11-7-9(12)3-4-10(11)13/h3-4,7-8,14H,5-6,13H2,1-2H3. The van der Waals surface area contributed by atoms with Gasteiger partial charge in [0.15, 0.2) is 0 Å². The van der Waals surface area contributed by atoms with Crippen LogP contribution in [0.3, 0.4) is 0 Å². The van der Waals surface area contributed by atoms with E-state index in [1.54, 1.807) is 17.8 Å². The summed E-state index contributed by atoms with van der Waals surface area (Å²) in [6, 6.07) is 4.41. The van der Waals surface area contributed by atoms with Gasteiger partial charge in [-0.25, -0.2) is 13.1 Å². The van der Waals surface area contributed by atoms with Crippen molar-refractivity contribution >= 4 is 39.1 Å². The topological polar surface area (TPSA) is 72.2 Å². The summed E-state index contributed by atoms with van der Waals surface area (Å²) in [6.45, 7) is 2.43. The zero-order chi connectivity index (χ0) is 13.8. The maximum atomic E-state index is 12.0. The van der Waals surface area contributed by atoms with Gasteiger partial charge in [-0.15, -0.1) is 0 Å². The van der Waals surface area contributed by atoms with Gasteiger partial charge in [-0.2, -0.15) is 11.8 Å². The quantitative estimate of drug-likeness (QED) is 0.791. The summed E-state index contributed by atoms with van der Waals surface area (Å²) in [4.78, 5) is 0.0341. The Morgan fingerprint density at radius 2 is 2.17 bits per heavy atom. The molecule has 1 aromatic carbocycles. The number of nitrogen functional groups attached to an aromatic ring is 1. The molecule has 0 saturated carbocycles. The molecule has 0 heterocycles. The lowest BCUT2D eigenvalue weighted by atomic mass is 10.3. The molecule has 0 fully saturated rings. The molecule has 1 unspecified atom stereocenters. The highest BCUT2D eigenvalue weighted by atomic mass is 35.5. The minimum Gasteiger partial charge on any atom is -0.398 e. The lowest BCUT2D eigenvalue weighted by molar-refractivity contribution is 0.579. The van der Waals surface area contributed by atoms with Crippen LogP contribution in [0.2, 0.25) is 5.02 Å². The number of rotatable bonds is 6. The van der Waals surface area contributed by atoms with Crippen LogP contribution in [-0.2, 0) is 10.0 Å². The van der Waals surface area contributed by atoms with Crippen molar-refractivity contribution in [3.8, 4) is 0 Å². The minimum absolute atomic E-state index is 0.0341. The summed E-state index contributed by atoms with van der Waals surface area (Å²) >= 11 is 7.47. The van der Waals surface area contributed by atoms with Crippen LogP contribution < -0.4 is 10.5 Å². The first kappa shape index (κ1) is 15.6. The van der Waals surface area contributed by atoms with Gasteiger partial charge in [-0.05, 0) is 30.9 Å². The smallest absolute Gasteiger partial charge is 0.242 e. The molecule has 0 amide bonds. The van der Waals surface area contributed by atoms with Gasteiger partial charge in [-0.3, -0.25) is 0 Å². The summed E-state index contributed by atoms with van der Waals surface area (Å²) in [5.41, 5.74) is 5.85. The molecule has 0 saturated heterocycles. The SMILES string of the molecule is CSC(C)CCNS(=O)(=O)c1cc(Cl)ccc1N. The third kappa shape index (κ3) is 4.35. The third-order valence-electron chi connectivity index (χ3n) is 2.51. The van der Waals surface area contributed by atoms with Gasteiger partial charge in [0.05, 0.1) is 5.69 Å². The molecule has 1 aromatic rings. The number of thioether (sulfide) groups is 1. The van der Waals surface area contributed by atoms with E-state index in [0.717, 1.165) is 6.42 Å². The van der Waals surface area contributed by atoms with Crippen LogP contribution in [0, 0.1) is 0 Å². The van der Waals surface area contributed by atoms with E-state index in [2.05, 4.69) is 4.72 Å². The van der Waals surface area contributed by atoms with Crippen LogP contribution in [0.4, 0.5) is 5.69 Å². The number of halogens is 1. The molecular formula is C11H17ClN2O2S2. The van der Waals surface area contributed by atoms with Gasteiger partial charge in [0.1, 0.15) is 4.90 Å². The van der Waals surface area contributed by atoms with E-state index in [0.29, 0.717) is 16.8 Å². The average Bonchev–Trinajstić information content (AvgIpc) is 2.31. The fourth-order valence-electron chi connectivity index (χ4n) is 1.33. The van der Waals surface area contributed by atoms with E-state index in [-0.39, 0.29) is 10.6 Å². The van der Waals surface area contributed by atoms with Crippen molar-refractivity contribution in [2.45, 2.75) is 23.5 Å². The molecule has 0 spiro atoms. The van der Waals surface area contributed by atoms with Crippen LogP contribution in [-0.4, -0.2) is 26.5 Å². The van der Waals surface area contributed by atoms with Crippen molar-refractivity contribution in [2.24, 2.45) is 0 Å². The second-order valence-corrected chi connectivity index (χ2v) is 7.36. The largest absolute Gasteiger partial charge is 0.398 e. The van der Waals surface area contributed by atoms with Gasteiger partial charge in [0.2, 0.25) is 10.0 Å². The van der Waals surface area contributed by atoms with Gasteiger partial charge in [0.25, 0.3) is 0 Å². The molecule has 0 aliphatic heterocycles. The summed E-state index contributed by atoms with van der Waals surface area (Å²) in [6.07, 6.45) is 2.76. The molecule has 1 rings (SSSR count). The number of benzene rings is 1. The highest BCUT2D eigenvalue weighted by Crippen LogP contribution is 2.22. The van der Waals surface area contributed by atoms with Crippen LogP contribution in [0.5, 0.6) is 0 Å². The number of anilines is 1. The van der Waals surface area contributed by atoms with Crippen molar-refractivity contribution in [1.82, 2.24) is 4.72 Å².